The van der Waals surface area contributed by atoms with Crippen molar-refractivity contribution in [1.29, 1.82) is 5.26 Å². The normalized spacial score (nSPS) is 31.7. The molecular formula is C43H44N2O. The molecule has 5 aliphatic rings. The summed E-state index contributed by atoms with van der Waals surface area (Å²) in [6.45, 7) is 0. The first-order valence-corrected chi connectivity index (χ1v) is 18.0. The molecule has 2 heterocycles. The van der Waals surface area contributed by atoms with E-state index in [4.69, 9.17) is 4.74 Å². The lowest BCUT2D eigenvalue weighted by atomic mass is 9.72. The Kier molecular flexibility index (Phi) is 7.33. The molecule has 0 radical (unpaired) electrons. The molecule has 0 N–H and O–H groups in total. The van der Waals surface area contributed by atoms with Crippen LogP contribution in [0.15, 0.2) is 97.1 Å². The van der Waals surface area contributed by atoms with Crippen molar-refractivity contribution in [3.63, 3.8) is 0 Å². The Morgan fingerprint density at radius 3 is 2.11 bits per heavy atom. The molecule has 0 aromatic heterocycles. The van der Waals surface area contributed by atoms with Crippen LogP contribution >= 0.6 is 0 Å². The molecule has 0 bridgehead atoms. The van der Waals surface area contributed by atoms with E-state index in [2.05, 4.69) is 95.9 Å². The summed E-state index contributed by atoms with van der Waals surface area (Å²) in [5.74, 6) is 2.33. The molecule has 3 aliphatic carbocycles. The maximum atomic E-state index is 9.97. The summed E-state index contributed by atoms with van der Waals surface area (Å²) in [6, 6.07) is 39.2. The Balaban J connectivity index is 0.974. The van der Waals surface area contributed by atoms with Crippen LogP contribution in [0.4, 0.5) is 0 Å². The van der Waals surface area contributed by atoms with Gasteiger partial charge in [-0.25, -0.2) is 0 Å². The zero-order chi connectivity index (χ0) is 30.6. The highest BCUT2D eigenvalue weighted by Crippen LogP contribution is 2.55. The standard InChI is InChI=1S/C43H44N2O/c44-27-28-22-35(31-18-16-30(17-19-31)29-8-2-1-3-9-29)25-36(23-28)33-11-6-10-32(24-33)34-20-21-40-42(26-34)46-41-15-7-13-38-37-12-4-5-14-39(37)45(40)43(38)41/h1-3,6,8-11,16-19,22-25,34,37-43H,4-5,7,12-15,20-21,26H2. The van der Waals surface area contributed by atoms with Crippen LogP contribution < -0.4 is 0 Å². The molecule has 0 spiro atoms. The van der Waals surface area contributed by atoms with Gasteiger partial charge in [0.15, 0.2) is 0 Å². The van der Waals surface area contributed by atoms with E-state index in [-0.39, 0.29) is 0 Å². The van der Waals surface area contributed by atoms with Gasteiger partial charge in [-0.1, -0.05) is 98.1 Å². The van der Waals surface area contributed by atoms with Gasteiger partial charge >= 0.3 is 0 Å². The van der Waals surface area contributed by atoms with Gasteiger partial charge in [0, 0.05) is 18.1 Å². The van der Waals surface area contributed by atoms with Crippen LogP contribution in [0.2, 0.25) is 0 Å². The number of ether oxygens (including phenoxy) is 1. The highest BCUT2D eigenvalue weighted by molar-refractivity contribution is 5.77. The molecular weight excluding hydrogens is 560 g/mol. The SMILES string of the molecule is N#Cc1cc(-c2ccc(-c3ccccc3)cc2)cc(-c2cccc(C3CCC4C(C3)OC3CCCC5C6CCCCC6N4C35)c2)c1. The van der Waals surface area contributed by atoms with Crippen LogP contribution in [0.5, 0.6) is 0 Å². The molecule has 4 aromatic carbocycles. The van der Waals surface area contributed by atoms with Gasteiger partial charge in [-0.2, -0.15) is 5.26 Å². The first-order valence-electron chi connectivity index (χ1n) is 18.0. The second-order valence-corrected chi connectivity index (χ2v) is 14.8. The summed E-state index contributed by atoms with van der Waals surface area (Å²) in [5.41, 5.74) is 9.07. The Morgan fingerprint density at radius 1 is 0.565 bits per heavy atom. The van der Waals surface area contributed by atoms with Crippen molar-refractivity contribution in [3.8, 4) is 39.4 Å². The van der Waals surface area contributed by atoms with E-state index in [1.165, 1.54) is 80.0 Å². The van der Waals surface area contributed by atoms with Crippen LogP contribution in [0.25, 0.3) is 33.4 Å². The minimum atomic E-state index is 0.357. The average molecular weight is 605 g/mol. The summed E-state index contributed by atoms with van der Waals surface area (Å²) in [4.78, 5) is 3.07. The first-order chi connectivity index (χ1) is 22.7. The van der Waals surface area contributed by atoms with Crippen LogP contribution in [0, 0.1) is 23.2 Å². The molecule has 3 heteroatoms. The smallest absolute Gasteiger partial charge is 0.0992 e. The predicted molar refractivity (Wildman–Crippen MR) is 185 cm³/mol. The number of benzene rings is 4. The van der Waals surface area contributed by atoms with Gasteiger partial charge in [-0.05, 0) is 120 Å². The highest BCUT2D eigenvalue weighted by Gasteiger charge is 2.59. The molecule has 5 fully saturated rings. The van der Waals surface area contributed by atoms with E-state index < -0.39 is 0 Å². The topological polar surface area (TPSA) is 36.3 Å². The Morgan fingerprint density at radius 2 is 1.28 bits per heavy atom. The molecule has 232 valence electrons. The molecule has 9 rings (SSSR count). The number of nitrogens with zero attached hydrogens (tertiary/aromatic N) is 2. The Hall–Kier alpha value is -3.71. The van der Waals surface area contributed by atoms with Crippen molar-refractivity contribution in [2.75, 3.05) is 0 Å². The van der Waals surface area contributed by atoms with E-state index in [0.29, 0.717) is 35.8 Å². The van der Waals surface area contributed by atoms with Gasteiger partial charge in [0.2, 0.25) is 0 Å². The van der Waals surface area contributed by atoms with Crippen LogP contribution in [-0.4, -0.2) is 35.2 Å². The summed E-state index contributed by atoms with van der Waals surface area (Å²) in [5, 5.41) is 9.97. The molecule has 8 atom stereocenters. The molecule has 3 nitrogen and oxygen atoms in total. The first kappa shape index (κ1) is 28.5. The summed E-state index contributed by atoms with van der Waals surface area (Å²) in [7, 11) is 0. The fourth-order valence-electron chi connectivity index (χ4n) is 10.5. The molecule has 2 saturated heterocycles. The summed E-state index contributed by atoms with van der Waals surface area (Å²) >= 11 is 0. The number of hydrogen-bond acceptors (Lipinski definition) is 3. The van der Waals surface area contributed by atoms with Gasteiger partial charge in [-0.3, -0.25) is 4.90 Å². The van der Waals surface area contributed by atoms with Crippen molar-refractivity contribution in [2.45, 2.75) is 100 Å². The zero-order valence-corrected chi connectivity index (χ0v) is 26.7. The predicted octanol–water partition coefficient (Wildman–Crippen LogP) is 10.0. The third-order valence-electron chi connectivity index (χ3n) is 12.5. The molecule has 8 unspecified atom stereocenters. The van der Waals surface area contributed by atoms with E-state index in [1.54, 1.807) is 0 Å². The zero-order valence-electron chi connectivity index (χ0n) is 26.7. The van der Waals surface area contributed by atoms with Crippen molar-refractivity contribution in [1.82, 2.24) is 4.90 Å². The average Bonchev–Trinajstić information content (AvgIpc) is 3.47. The molecule has 0 amide bonds. The third kappa shape index (κ3) is 4.93. The van der Waals surface area contributed by atoms with E-state index in [0.717, 1.165) is 41.0 Å². The fraction of sp³-hybridized carbons (Fsp3) is 0.419. The maximum absolute atomic E-state index is 9.97. The number of fused-ring (bicyclic) bond motifs is 5. The quantitative estimate of drug-likeness (QED) is 0.233. The van der Waals surface area contributed by atoms with Crippen LogP contribution in [0.3, 0.4) is 0 Å². The molecule has 46 heavy (non-hydrogen) atoms. The lowest BCUT2D eigenvalue weighted by Crippen LogP contribution is -2.63. The highest BCUT2D eigenvalue weighted by atomic mass is 16.5. The molecule has 2 aliphatic heterocycles. The van der Waals surface area contributed by atoms with Crippen molar-refractivity contribution in [3.05, 3.63) is 108 Å². The lowest BCUT2D eigenvalue weighted by Gasteiger charge is -2.54. The largest absolute Gasteiger partial charge is 0.372 e. The fourth-order valence-corrected chi connectivity index (χ4v) is 10.5. The monoisotopic (exact) mass is 604 g/mol. The van der Waals surface area contributed by atoms with E-state index >= 15 is 0 Å². The summed E-state index contributed by atoms with van der Waals surface area (Å²) < 4.78 is 7.10. The second kappa shape index (κ2) is 11.8. The van der Waals surface area contributed by atoms with Gasteiger partial charge < -0.3 is 4.74 Å². The summed E-state index contributed by atoms with van der Waals surface area (Å²) in [6.07, 6.45) is 14.2. The van der Waals surface area contributed by atoms with Gasteiger partial charge in [0.1, 0.15) is 0 Å². The number of rotatable bonds is 4. The Labute approximate surface area is 274 Å². The minimum absolute atomic E-state index is 0.357. The lowest BCUT2D eigenvalue weighted by molar-refractivity contribution is -0.179. The van der Waals surface area contributed by atoms with E-state index in [1.807, 2.05) is 12.1 Å². The number of hydrogen-bond donors (Lipinski definition) is 0. The minimum Gasteiger partial charge on any atom is -0.372 e. The van der Waals surface area contributed by atoms with Crippen molar-refractivity contribution >= 4 is 0 Å². The van der Waals surface area contributed by atoms with Crippen molar-refractivity contribution < 1.29 is 4.74 Å². The van der Waals surface area contributed by atoms with Gasteiger partial charge in [0.05, 0.1) is 23.8 Å². The number of nitriles is 1. The van der Waals surface area contributed by atoms with E-state index in [9.17, 15) is 5.26 Å². The Bertz CT molecular complexity index is 1760. The van der Waals surface area contributed by atoms with Gasteiger partial charge in [0.25, 0.3) is 0 Å². The number of morpholine rings is 1. The molecule has 3 saturated carbocycles. The third-order valence-corrected chi connectivity index (χ3v) is 12.5. The van der Waals surface area contributed by atoms with Crippen LogP contribution in [-0.2, 0) is 4.74 Å². The van der Waals surface area contributed by atoms with Gasteiger partial charge in [-0.15, -0.1) is 0 Å². The maximum Gasteiger partial charge on any atom is 0.0992 e. The molecule has 4 aromatic rings. The second-order valence-electron chi connectivity index (χ2n) is 14.8. The van der Waals surface area contributed by atoms with Crippen LogP contribution in [0.1, 0.15) is 81.3 Å². The van der Waals surface area contributed by atoms with Crippen molar-refractivity contribution in [2.24, 2.45) is 11.8 Å².